The third-order valence-corrected chi connectivity index (χ3v) is 1.29. The van der Waals surface area contributed by atoms with E-state index in [9.17, 15) is 0 Å². The van der Waals surface area contributed by atoms with Crippen LogP contribution in [0.1, 0.15) is 0 Å². The summed E-state index contributed by atoms with van der Waals surface area (Å²) >= 11 is 0. The highest BCUT2D eigenvalue weighted by atomic mass is 15.3. The van der Waals surface area contributed by atoms with Crippen LogP contribution in [0.15, 0.2) is 24.8 Å². The predicted molar refractivity (Wildman–Crippen MR) is 41.4 cm³/mol. The summed E-state index contributed by atoms with van der Waals surface area (Å²) in [4.78, 5) is 11.4. The molecule has 12 heavy (non-hydrogen) atoms. The molecule has 0 fully saturated rings. The molecule has 0 aliphatic rings. The highest BCUT2D eigenvalue weighted by Crippen LogP contribution is 1.97. The van der Waals surface area contributed by atoms with E-state index in [1.807, 2.05) is 0 Å². The highest BCUT2D eigenvalue weighted by Gasteiger charge is 1.98. The van der Waals surface area contributed by atoms with E-state index in [2.05, 4.69) is 20.1 Å². The summed E-state index contributed by atoms with van der Waals surface area (Å²) in [5.74, 6) is 0.614. The van der Waals surface area contributed by atoms with Crippen LogP contribution in [-0.2, 0) is 0 Å². The predicted octanol–water partition coefficient (Wildman–Crippen LogP) is -0.361. The number of nitrogens with two attached hydrogens (primary N) is 1. The lowest BCUT2D eigenvalue weighted by Gasteiger charge is -1.97. The molecule has 2 aromatic heterocycles. The third-order valence-electron chi connectivity index (χ3n) is 1.29. The zero-order chi connectivity index (χ0) is 8.39. The maximum atomic E-state index is 5.36. The summed E-state index contributed by atoms with van der Waals surface area (Å²) in [7, 11) is 0. The van der Waals surface area contributed by atoms with Crippen molar-refractivity contribution in [3.63, 3.8) is 0 Å². The molecule has 0 amide bonds. The first kappa shape index (κ1) is 6.71. The number of anilines is 1. The van der Waals surface area contributed by atoms with Crippen LogP contribution in [-0.4, -0.2) is 24.7 Å². The average Bonchev–Trinajstić information content (AvgIpc) is 2.56. The number of nitrogens with zero attached hydrogens (tertiary/aromatic N) is 5. The molecule has 0 saturated heterocycles. The molecule has 0 aliphatic heterocycles. The fourth-order valence-corrected chi connectivity index (χ4v) is 0.797. The molecule has 0 unspecified atom stereocenters. The van der Waals surface area contributed by atoms with Gasteiger partial charge in [0.15, 0.2) is 0 Å². The second-order valence-corrected chi connectivity index (χ2v) is 2.09. The summed E-state index contributed by atoms with van der Waals surface area (Å²) in [6.45, 7) is 0. The zero-order valence-electron chi connectivity index (χ0n) is 6.12. The maximum Gasteiger partial charge on any atom is 0.255 e. The van der Waals surface area contributed by atoms with E-state index in [0.717, 1.165) is 0 Å². The van der Waals surface area contributed by atoms with E-state index in [1.165, 1.54) is 11.0 Å². The van der Waals surface area contributed by atoms with Gasteiger partial charge in [0.05, 0.1) is 0 Å². The van der Waals surface area contributed by atoms with Crippen LogP contribution in [0.2, 0.25) is 0 Å². The molecule has 6 nitrogen and oxygen atoms in total. The van der Waals surface area contributed by atoms with Gasteiger partial charge in [-0.25, -0.2) is 9.67 Å². The molecular formula is C6H6N6. The molecule has 0 radical (unpaired) electrons. The smallest absolute Gasteiger partial charge is 0.255 e. The first-order valence-electron chi connectivity index (χ1n) is 3.31. The van der Waals surface area contributed by atoms with Gasteiger partial charge in [0, 0.05) is 12.4 Å². The number of aromatic nitrogens is 5. The quantitative estimate of drug-likeness (QED) is 0.619. The van der Waals surface area contributed by atoms with E-state index in [4.69, 9.17) is 5.73 Å². The molecule has 0 spiro atoms. The molecule has 2 N–H and O–H groups in total. The van der Waals surface area contributed by atoms with Crippen molar-refractivity contribution >= 4 is 5.95 Å². The molecule has 0 aliphatic carbocycles. The van der Waals surface area contributed by atoms with Crippen LogP contribution in [0.3, 0.4) is 0 Å². The molecule has 0 bridgehead atoms. The van der Waals surface area contributed by atoms with Crippen LogP contribution in [0.5, 0.6) is 0 Å². The maximum absolute atomic E-state index is 5.36. The molecule has 0 aromatic carbocycles. The third kappa shape index (κ3) is 1.09. The Hall–Kier alpha value is -1.98. The summed E-state index contributed by atoms with van der Waals surface area (Å²) in [6, 6.07) is 1.78. The zero-order valence-corrected chi connectivity index (χ0v) is 6.12. The lowest BCUT2D eigenvalue weighted by molar-refractivity contribution is 0.798. The van der Waals surface area contributed by atoms with E-state index in [0.29, 0.717) is 5.95 Å². The highest BCUT2D eigenvalue weighted by molar-refractivity contribution is 5.19. The van der Waals surface area contributed by atoms with Crippen LogP contribution in [0.4, 0.5) is 5.95 Å². The van der Waals surface area contributed by atoms with Crippen molar-refractivity contribution in [2.75, 3.05) is 5.73 Å². The van der Waals surface area contributed by atoms with E-state index < -0.39 is 0 Å². The Kier molecular flexibility index (Phi) is 1.44. The van der Waals surface area contributed by atoms with Crippen LogP contribution in [0, 0.1) is 0 Å². The minimum atomic E-state index is 0.190. The van der Waals surface area contributed by atoms with Gasteiger partial charge >= 0.3 is 0 Å². The van der Waals surface area contributed by atoms with Gasteiger partial charge < -0.3 is 5.73 Å². The van der Waals surface area contributed by atoms with Gasteiger partial charge in [0.1, 0.15) is 6.33 Å². The van der Waals surface area contributed by atoms with Gasteiger partial charge in [0.2, 0.25) is 5.95 Å². The average molecular weight is 162 g/mol. The van der Waals surface area contributed by atoms with Crippen molar-refractivity contribution < 1.29 is 0 Å². The Bertz CT molecular complexity index is 367. The van der Waals surface area contributed by atoms with Gasteiger partial charge in [0.25, 0.3) is 5.95 Å². The molecule has 0 saturated carbocycles. The van der Waals surface area contributed by atoms with Gasteiger partial charge in [-0.2, -0.15) is 15.1 Å². The lowest BCUT2D eigenvalue weighted by Crippen LogP contribution is -2.04. The first-order chi connectivity index (χ1) is 5.86. The fourth-order valence-electron chi connectivity index (χ4n) is 0.797. The monoisotopic (exact) mass is 162 g/mol. The van der Waals surface area contributed by atoms with Crippen molar-refractivity contribution in [2.45, 2.75) is 0 Å². The Morgan fingerprint density at radius 3 is 2.92 bits per heavy atom. The Balaban J connectivity index is 2.48. The van der Waals surface area contributed by atoms with Gasteiger partial charge in [-0.1, -0.05) is 0 Å². The van der Waals surface area contributed by atoms with E-state index >= 15 is 0 Å². The summed E-state index contributed by atoms with van der Waals surface area (Å²) in [5.41, 5.74) is 5.36. The Morgan fingerprint density at radius 1 is 1.33 bits per heavy atom. The molecule has 2 heterocycles. The number of hydrogen-bond acceptors (Lipinski definition) is 5. The van der Waals surface area contributed by atoms with Gasteiger partial charge in [-0.05, 0) is 6.07 Å². The van der Waals surface area contributed by atoms with Crippen LogP contribution in [0.25, 0.3) is 5.95 Å². The molecule has 2 aromatic rings. The standard InChI is InChI=1S/C6H6N6/c7-5-8-4-9-6(11-5)12-3-1-2-10-12/h1-4H,(H2,7,8,9,11). The second-order valence-electron chi connectivity index (χ2n) is 2.09. The second kappa shape index (κ2) is 2.57. The molecular weight excluding hydrogens is 156 g/mol. The van der Waals surface area contributed by atoms with Crippen molar-refractivity contribution in [2.24, 2.45) is 0 Å². The first-order valence-corrected chi connectivity index (χ1v) is 3.31. The van der Waals surface area contributed by atoms with E-state index in [-0.39, 0.29) is 5.95 Å². The number of hydrogen-bond donors (Lipinski definition) is 1. The molecule has 2 rings (SSSR count). The SMILES string of the molecule is Nc1ncnc(-n2cccn2)n1. The Labute approximate surface area is 68.1 Å². The molecule has 6 heteroatoms. The van der Waals surface area contributed by atoms with Gasteiger partial charge in [-0.15, -0.1) is 0 Å². The van der Waals surface area contributed by atoms with Gasteiger partial charge in [-0.3, -0.25) is 0 Å². The number of nitrogen functional groups attached to an aromatic ring is 1. The van der Waals surface area contributed by atoms with Crippen LogP contribution < -0.4 is 5.73 Å². The Morgan fingerprint density at radius 2 is 2.25 bits per heavy atom. The lowest BCUT2D eigenvalue weighted by atomic mass is 10.7. The molecule has 60 valence electrons. The normalized spacial score (nSPS) is 10.0. The summed E-state index contributed by atoms with van der Waals surface area (Å²) in [5, 5.41) is 3.94. The summed E-state index contributed by atoms with van der Waals surface area (Å²) < 4.78 is 1.51. The van der Waals surface area contributed by atoms with Crippen molar-refractivity contribution in [1.29, 1.82) is 0 Å². The van der Waals surface area contributed by atoms with Crippen molar-refractivity contribution in [3.05, 3.63) is 24.8 Å². The summed E-state index contributed by atoms with van der Waals surface area (Å²) in [6.07, 6.45) is 4.72. The largest absolute Gasteiger partial charge is 0.368 e. The minimum absolute atomic E-state index is 0.190. The topological polar surface area (TPSA) is 82.5 Å². The van der Waals surface area contributed by atoms with Crippen LogP contribution >= 0.6 is 0 Å². The van der Waals surface area contributed by atoms with E-state index in [1.54, 1.807) is 18.5 Å². The van der Waals surface area contributed by atoms with Crippen molar-refractivity contribution in [3.8, 4) is 5.95 Å². The number of rotatable bonds is 1. The molecule has 0 atom stereocenters. The fraction of sp³-hybridized carbons (Fsp3) is 0. The van der Waals surface area contributed by atoms with Crippen molar-refractivity contribution in [1.82, 2.24) is 24.7 Å². The minimum Gasteiger partial charge on any atom is -0.368 e.